The Morgan fingerprint density at radius 1 is 1.27 bits per heavy atom. The number of carbonyl (C=O) groups excluding carboxylic acids is 1. The lowest BCUT2D eigenvalue weighted by atomic mass is 9.85. The van der Waals surface area contributed by atoms with Crippen LogP contribution < -0.4 is 0 Å². The molecule has 0 aliphatic heterocycles. The molecule has 0 saturated heterocycles. The van der Waals surface area contributed by atoms with Gasteiger partial charge >= 0.3 is 0 Å². The molecule has 1 aromatic carbocycles. The second-order valence-electron chi connectivity index (χ2n) is 4.42. The Morgan fingerprint density at radius 2 is 1.93 bits per heavy atom. The van der Waals surface area contributed by atoms with E-state index in [4.69, 9.17) is 0 Å². The van der Waals surface area contributed by atoms with E-state index in [2.05, 4.69) is 18.7 Å². The summed E-state index contributed by atoms with van der Waals surface area (Å²) in [5.41, 5.74) is 2.41. The van der Waals surface area contributed by atoms with Crippen LogP contribution in [0.1, 0.15) is 31.2 Å². The number of ketones is 1. The third kappa shape index (κ3) is 2.01. The maximum atomic E-state index is 11.5. The van der Waals surface area contributed by atoms with Crippen LogP contribution in [0.3, 0.4) is 0 Å². The van der Waals surface area contributed by atoms with Crippen molar-refractivity contribution in [1.82, 2.24) is 0 Å². The van der Waals surface area contributed by atoms with E-state index in [1.54, 1.807) is 0 Å². The molecule has 0 bridgehead atoms. The first-order valence-corrected chi connectivity index (χ1v) is 5.40. The second-order valence-corrected chi connectivity index (χ2v) is 4.42. The fraction of sp³-hybridized carbons (Fsp3) is 0.357. The van der Waals surface area contributed by atoms with Crippen LogP contribution in [0.25, 0.3) is 0 Å². The molecule has 0 unspecified atom stereocenters. The molecule has 15 heavy (non-hydrogen) atoms. The molecule has 1 aliphatic rings. The van der Waals surface area contributed by atoms with E-state index in [0.29, 0.717) is 30.5 Å². The number of hydrogen-bond donors (Lipinski definition) is 0. The maximum absolute atomic E-state index is 11.5. The summed E-state index contributed by atoms with van der Waals surface area (Å²) in [6, 6.07) is 10.3. The minimum Gasteiger partial charge on any atom is -0.300 e. The molecule has 1 fully saturated rings. The van der Waals surface area contributed by atoms with Gasteiger partial charge in [0.05, 0.1) is 0 Å². The molecule has 1 heteroatoms. The molecule has 1 saturated carbocycles. The normalized spacial score (nSPS) is 25.5. The van der Waals surface area contributed by atoms with Crippen LogP contribution in [0, 0.1) is 5.92 Å². The number of carbonyl (C=O) groups is 1. The molecule has 0 amide bonds. The Labute approximate surface area is 90.8 Å². The molecule has 0 spiro atoms. The minimum atomic E-state index is 0.347. The topological polar surface area (TPSA) is 17.1 Å². The quantitative estimate of drug-likeness (QED) is 0.669. The van der Waals surface area contributed by atoms with E-state index < -0.39 is 0 Å². The van der Waals surface area contributed by atoms with Gasteiger partial charge in [-0.05, 0) is 24.3 Å². The highest BCUT2D eigenvalue weighted by Gasteiger charge is 2.33. The van der Waals surface area contributed by atoms with Crippen molar-refractivity contribution >= 4 is 5.78 Å². The molecule has 0 N–H and O–H groups in total. The van der Waals surface area contributed by atoms with E-state index in [1.165, 1.54) is 5.56 Å². The number of Topliss-reactive ketones (excluding diaryl/α,β-unsaturated/α-hetero) is 1. The SMILES string of the molecule is C=C(C)[C@H]1CC(=O)C[C@H]1c1ccccc1. The van der Waals surface area contributed by atoms with Crippen molar-refractivity contribution < 1.29 is 4.79 Å². The molecule has 0 heterocycles. The van der Waals surface area contributed by atoms with Gasteiger partial charge in [-0.3, -0.25) is 4.79 Å². The third-order valence-electron chi connectivity index (χ3n) is 3.24. The van der Waals surface area contributed by atoms with Gasteiger partial charge in [-0.2, -0.15) is 0 Å². The van der Waals surface area contributed by atoms with Crippen LogP contribution in [0.5, 0.6) is 0 Å². The highest BCUT2D eigenvalue weighted by Crippen LogP contribution is 2.40. The molecular formula is C14H16O. The van der Waals surface area contributed by atoms with Crippen molar-refractivity contribution in [2.24, 2.45) is 5.92 Å². The number of hydrogen-bond acceptors (Lipinski definition) is 1. The van der Waals surface area contributed by atoms with Crippen molar-refractivity contribution in [3.05, 3.63) is 48.0 Å². The molecular weight excluding hydrogens is 184 g/mol. The molecule has 2 rings (SSSR count). The van der Waals surface area contributed by atoms with Crippen molar-refractivity contribution in [2.45, 2.75) is 25.7 Å². The van der Waals surface area contributed by atoms with Crippen molar-refractivity contribution in [3.8, 4) is 0 Å². The van der Waals surface area contributed by atoms with E-state index in [1.807, 2.05) is 25.1 Å². The predicted molar refractivity (Wildman–Crippen MR) is 61.7 cm³/mol. The number of rotatable bonds is 2. The highest BCUT2D eigenvalue weighted by molar-refractivity contribution is 5.82. The lowest BCUT2D eigenvalue weighted by Crippen LogP contribution is -2.06. The molecule has 2 atom stereocenters. The molecule has 78 valence electrons. The van der Waals surface area contributed by atoms with Crippen LogP contribution in [-0.4, -0.2) is 5.78 Å². The molecule has 1 aromatic rings. The van der Waals surface area contributed by atoms with E-state index in [-0.39, 0.29) is 0 Å². The van der Waals surface area contributed by atoms with Gasteiger partial charge in [-0.1, -0.05) is 42.5 Å². The average Bonchev–Trinajstić information content (AvgIpc) is 2.62. The van der Waals surface area contributed by atoms with Crippen LogP contribution in [0.4, 0.5) is 0 Å². The second kappa shape index (κ2) is 4.01. The summed E-state index contributed by atoms with van der Waals surface area (Å²) < 4.78 is 0. The van der Waals surface area contributed by atoms with Crippen LogP contribution in [-0.2, 0) is 4.79 Å². The summed E-state index contributed by atoms with van der Waals surface area (Å²) >= 11 is 0. The van der Waals surface area contributed by atoms with Gasteiger partial charge in [0, 0.05) is 12.8 Å². The number of allylic oxidation sites excluding steroid dienone is 1. The average molecular weight is 200 g/mol. The summed E-state index contributed by atoms with van der Waals surface area (Å²) in [7, 11) is 0. The lowest BCUT2D eigenvalue weighted by molar-refractivity contribution is -0.117. The Morgan fingerprint density at radius 3 is 2.53 bits per heavy atom. The van der Waals surface area contributed by atoms with Gasteiger partial charge in [-0.15, -0.1) is 0 Å². The highest BCUT2D eigenvalue weighted by atomic mass is 16.1. The van der Waals surface area contributed by atoms with Crippen LogP contribution in [0.2, 0.25) is 0 Å². The smallest absolute Gasteiger partial charge is 0.134 e. The predicted octanol–water partition coefficient (Wildman–Crippen LogP) is 3.33. The first-order chi connectivity index (χ1) is 7.18. The Bertz CT molecular complexity index is 378. The van der Waals surface area contributed by atoms with Gasteiger partial charge in [0.2, 0.25) is 0 Å². The van der Waals surface area contributed by atoms with Crippen LogP contribution >= 0.6 is 0 Å². The lowest BCUT2D eigenvalue weighted by Gasteiger charge is -2.18. The van der Waals surface area contributed by atoms with E-state index >= 15 is 0 Å². The minimum absolute atomic E-state index is 0.347. The fourth-order valence-electron chi connectivity index (χ4n) is 2.43. The van der Waals surface area contributed by atoms with Crippen molar-refractivity contribution in [1.29, 1.82) is 0 Å². The molecule has 1 nitrogen and oxygen atoms in total. The molecule has 1 aliphatic carbocycles. The van der Waals surface area contributed by atoms with Gasteiger partial charge in [-0.25, -0.2) is 0 Å². The number of benzene rings is 1. The standard InChI is InChI=1S/C14H16O/c1-10(2)13-8-12(15)9-14(13)11-6-4-3-5-7-11/h3-7,13-14H,1,8-9H2,2H3/t13-,14+/m1/s1. The third-order valence-corrected chi connectivity index (χ3v) is 3.24. The summed E-state index contributed by atoms with van der Waals surface area (Å²) in [5, 5.41) is 0. The molecule has 0 aromatic heterocycles. The van der Waals surface area contributed by atoms with Crippen molar-refractivity contribution in [2.75, 3.05) is 0 Å². The summed E-state index contributed by atoms with van der Waals surface area (Å²) in [5.74, 6) is 1.08. The summed E-state index contributed by atoms with van der Waals surface area (Å²) in [6.45, 7) is 6.02. The Kier molecular flexibility index (Phi) is 2.72. The monoisotopic (exact) mass is 200 g/mol. The zero-order valence-corrected chi connectivity index (χ0v) is 9.07. The van der Waals surface area contributed by atoms with Gasteiger partial charge < -0.3 is 0 Å². The Balaban J connectivity index is 2.28. The van der Waals surface area contributed by atoms with E-state index in [0.717, 1.165) is 5.57 Å². The van der Waals surface area contributed by atoms with Gasteiger partial charge in [0.1, 0.15) is 5.78 Å². The first kappa shape index (κ1) is 10.2. The first-order valence-electron chi connectivity index (χ1n) is 5.40. The summed E-state index contributed by atoms with van der Waals surface area (Å²) in [6.07, 6.45) is 1.36. The zero-order chi connectivity index (χ0) is 10.8. The van der Waals surface area contributed by atoms with E-state index in [9.17, 15) is 4.79 Å². The largest absolute Gasteiger partial charge is 0.300 e. The Hall–Kier alpha value is -1.37. The summed E-state index contributed by atoms with van der Waals surface area (Å²) in [4.78, 5) is 11.5. The zero-order valence-electron chi connectivity index (χ0n) is 9.07. The van der Waals surface area contributed by atoms with Gasteiger partial charge in [0.25, 0.3) is 0 Å². The van der Waals surface area contributed by atoms with Gasteiger partial charge in [0.15, 0.2) is 0 Å². The fourth-order valence-corrected chi connectivity index (χ4v) is 2.43. The maximum Gasteiger partial charge on any atom is 0.134 e. The molecule has 0 radical (unpaired) electrons. The van der Waals surface area contributed by atoms with Crippen LogP contribution in [0.15, 0.2) is 42.5 Å². The van der Waals surface area contributed by atoms with Crippen molar-refractivity contribution in [3.63, 3.8) is 0 Å².